The summed E-state index contributed by atoms with van der Waals surface area (Å²) < 4.78 is 0. The summed E-state index contributed by atoms with van der Waals surface area (Å²) >= 11 is 5.88. The van der Waals surface area contributed by atoms with E-state index in [1.54, 1.807) is 0 Å². The molecule has 0 bridgehead atoms. The Labute approximate surface area is 116 Å². The summed E-state index contributed by atoms with van der Waals surface area (Å²) in [6.45, 7) is 5.85. The molecule has 0 aromatic heterocycles. The van der Waals surface area contributed by atoms with E-state index in [9.17, 15) is 0 Å². The summed E-state index contributed by atoms with van der Waals surface area (Å²) in [7, 11) is 0. The monoisotopic (exact) mass is 265 g/mol. The lowest BCUT2D eigenvalue weighted by Gasteiger charge is -2.34. The van der Waals surface area contributed by atoms with Crippen molar-refractivity contribution in [2.45, 2.75) is 52.0 Å². The van der Waals surface area contributed by atoms with Crippen LogP contribution in [0.25, 0.3) is 0 Å². The Balaban J connectivity index is 1.68. The zero-order valence-corrected chi connectivity index (χ0v) is 12.3. The van der Waals surface area contributed by atoms with Crippen LogP contribution in [0.15, 0.2) is 24.3 Å². The molecule has 2 rings (SSSR count). The summed E-state index contributed by atoms with van der Waals surface area (Å²) in [4.78, 5) is 0. The van der Waals surface area contributed by atoms with Gasteiger partial charge in [-0.1, -0.05) is 37.6 Å². The summed E-state index contributed by atoms with van der Waals surface area (Å²) in [5, 5.41) is 4.51. The quantitative estimate of drug-likeness (QED) is 0.849. The molecule has 0 amide bonds. The third-order valence-electron chi connectivity index (χ3n) is 4.10. The fourth-order valence-electron chi connectivity index (χ4n) is 2.68. The lowest BCUT2D eigenvalue weighted by atomic mass is 9.75. The average Bonchev–Trinajstić information content (AvgIpc) is 2.34. The summed E-state index contributed by atoms with van der Waals surface area (Å²) in [6.07, 6.45) is 6.45. The highest BCUT2D eigenvalue weighted by Crippen LogP contribution is 2.34. The summed E-state index contributed by atoms with van der Waals surface area (Å²) in [6, 6.07) is 8.91. The smallest absolute Gasteiger partial charge is 0.0406 e. The first-order chi connectivity index (χ1) is 8.55. The van der Waals surface area contributed by atoms with Crippen molar-refractivity contribution >= 4 is 11.6 Å². The molecule has 100 valence electrons. The highest BCUT2D eigenvalue weighted by Gasteiger charge is 2.26. The Kier molecular flexibility index (Phi) is 4.69. The predicted molar refractivity (Wildman–Crippen MR) is 79.2 cm³/mol. The maximum absolute atomic E-state index is 5.88. The average molecular weight is 266 g/mol. The summed E-state index contributed by atoms with van der Waals surface area (Å²) in [5.41, 5.74) is 1.93. The van der Waals surface area contributed by atoms with E-state index in [0.29, 0.717) is 5.41 Å². The second kappa shape index (κ2) is 6.08. The third kappa shape index (κ3) is 4.29. The molecule has 1 fully saturated rings. The second-order valence-electron chi connectivity index (χ2n) is 6.27. The van der Waals surface area contributed by atoms with Crippen LogP contribution < -0.4 is 5.32 Å². The van der Waals surface area contributed by atoms with Crippen LogP contribution >= 0.6 is 11.6 Å². The van der Waals surface area contributed by atoms with E-state index in [1.807, 2.05) is 12.1 Å². The van der Waals surface area contributed by atoms with Gasteiger partial charge in [-0.25, -0.2) is 0 Å². The SMILES string of the molecule is CC1(C)CCC(NCCc2ccc(Cl)cc2)CC1. The topological polar surface area (TPSA) is 12.0 Å². The molecule has 0 saturated heterocycles. The maximum atomic E-state index is 5.88. The van der Waals surface area contributed by atoms with Crippen molar-refractivity contribution in [2.24, 2.45) is 5.41 Å². The number of nitrogens with one attached hydrogen (secondary N) is 1. The molecule has 1 aliphatic rings. The molecule has 0 heterocycles. The molecule has 0 unspecified atom stereocenters. The largest absolute Gasteiger partial charge is 0.314 e. The minimum atomic E-state index is 0.564. The van der Waals surface area contributed by atoms with Gasteiger partial charge in [0, 0.05) is 11.1 Å². The van der Waals surface area contributed by atoms with Gasteiger partial charge in [-0.05, 0) is 61.8 Å². The van der Waals surface area contributed by atoms with Crippen LogP contribution in [0.2, 0.25) is 5.02 Å². The molecule has 0 radical (unpaired) electrons. The zero-order valence-electron chi connectivity index (χ0n) is 11.5. The van der Waals surface area contributed by atoms with Gasteiger partial charge in [0.05, 0.1) is 0 Å². The molecule has 0 aliphatic heterocycles. The molecular formula is C16H24ClN. The number of halogens is 1. The van der Waals surface area contributed by atoms with Crippen LogP contribution in [0.4, 0.5) is 0 Å². The van der Waals surface area contributed by atoms with E-state index in [4.69, 9.17) is 11.6 Å². The van der Waals surface area contributed by atoms with E-state index >= 15 is 0 Å². The lowest BCUT2D eigenvalue weighted by molar-refractivity contribution is 0.207. The molecule has 1 saturated carbocycles. The fourth-order valence-corrected chi connectivity index (χ4v) is 2.80. The van der Waals surface area contributed by atoms with Crippen molar-refractivity contribution in [1.82, 2.24) is 5.32 Å². The first-order valence-corrected chi connectivity index (χ1v) is 7.41. The first kappa shape index (κ1) is 13.9. The van der Waals surface area contributed by atoms with Crippen LogP contribution in [0.3, 0.4) is 0 Å². The number of rotatable bonds is 4. The first-order valence-electron chi connectivity index (χ1n) is 7.03. The zero-order chi connectivity index (χ0) is 13.0. The second-order valence-corrected chi connectivity index (χ2v) is 6.71. The Morgan fingerprint density at radius 3 is 2.39 bits per heavy atom. The van der Waals surface area contributed by atoms with Gasteiger partial charge < -0.3 is 5.32 Å². The highest BCUT2D eigenvalue weighted by atomic mass is 35.5. The maximum Gasteiger partial charge on any atom is 0.0406 e. The van der Waals surface area contributed by atoms with E-state index in [0.717, 1.165) is 24.0 Å². The Morgan fingerprint density at radius 2 is 1.78 bits per heavy atom. The van der Waals surface area contributed by atoms with Crippen molar-refractivity contribution in [3.63, 3.8) is 0 Å². The van der Waals surface area contributed by atoms with Crippen molar-refractivity contribution in [3.8, 4) is 0 Å². The standard InChI is InChI=1S/C16H24ClN/c1-16(2)10-7-15(8-11-16)18-12-9-13-3-5-14(17)6-4-13/h3-6,15,18H,7-12H2,1-2H3. The van der Waals surface area contributed by atoms with Gasteiger partial charge in [-0.2, -0.15) is 0 Å². The fraction of sp³-hybridized carbons (Fsp3) is 0.625. The van der Waals surface area contributed by atoms with Gasteiger partial charge in [-0.3, -0.25) is 0 Å². The van der Waals surface area contributed by atoms with Crippen LogP contribution in [0, 0.1) is 5.41 Å². The number of benzene rings is 1. The van der Waals surface area contributed by atoms with Crippen molar-refractivity contribution in [2.75, 3.05) is 6.54 Å². The van der Waals surface area contributed by atoms with E-state index in [2.05, 4.69) is 31.3 Å². The van der Waals surface area contributed by atoms with Gasteiger partial charge in [0.2, 0.25) is 0 Å². The molecule has 1 nitrogen and oxygen atoms in total. The molecule has 1 aromatic carbocycles. The van der Waals surface area contributed by atoms with Crippen LogP contribution in [-0.2, 0) is 6.42 Å². The predicted octanol–water partition coefficient (Wildman–Crippen LogP) is 4.44. The molecule has 18 heavy (non-hydrogen) atoms. The third-order valence-corrected chi connectivity index (χ3v) is 4.35. The molecule has 1 aromatic rings. The molecule has 1 N–H and O–H groups in total. The Morgan fingerprint density at radius 1 is 1.17 bits per heavy atom. The van der Waals surface area contributed by atoms with E-state index < -0.39 is 0 Å². The van der Waals surface area contributed by atoms with Gasteiger partial charge in [0.1, 0.15) is 0 Å². The van der Waals surface area contributed by atoms with Crippen molar-refractivity contribution < 1.29 is 0 Å². The van der Waals surface area contributed by atoms with Crippen molar-refractivity contribution in [3.05, 3.63) is 34.9 Å². The van der Waals surface area contributed by atoms with Gasteiger partial charge in [-0.15, -0.1) is 0 Å². The lowest BCUT2D eigenvalue weighted by Crippen LogP contribution is -2.36. The molecular weight excluding hydrogens is 242 g/mol. The number of hydrogen-bond acceptors (Lipinski definition) is 1. The normalized spacial score (nSPS) is 19.9. The minimum Gasteiger partial charge on any atom is -0.314 e. The Bertz CT molecular complexity index is 359. The summed E-state index contributed by atoms with van der Waals surface area (Å²) in [5.74, 6) is 0. The van der Waals surface area contributed by atoms with Gasteiger partial charge in [0.25, 0.3) is 0 Å². The molecule has 2 heteroatoms. The number of hydrogen-bond donors (Lipinski definition) is 1. The van der Waals surface area contributed by atoms with Crippen LogP contribution in [-0.4, -0.2) is 12.6 Å². The minimum absolute atomic E-state index is 0.564. The molecule has 0 spiro atoms. The van der Waals surface area contributed by atoms with Crippen LogP contribution in [0.5, 0.6) is 0 Å². The van der Waals surface area contributed by atoms with Gasteiger partial charge in [0.15, 0.2) is 0 Å². The molecule has 0 atom stereocenters. The van der Waals surface area contributed by atoms with Gasteiger partial charge >= 0.3 is 0 Å². The highest BCUT2D eigenvalue weighted by molar-refractivity contribution is 6.30. The van der Waals surface area contributed by atoms with E-state index in [1.165, 1.54) is 31.2 Å². The Hall–Kier alpha value is -0.530. The van der Waals surface area contributed by atoms with Crippen molar-refractivity contribution in [1.29, 1.82) is 0 Å². The van der Waals surface area contributed by atoms with E-state index in [-0.39, 0.29) is 0 Å². The van der Waals surface area contributed by atoms with Crippen LogP contribution in [0.1, 0.15) is 45.1 Å². The molecule has 1 aliphatic carbocycles.